The van der Waals surface area contributed by atoms with E-state index in [1.807, 2.05) is 42.5 Å². The van der Waals surface area contributed by atoms with Gasteiger partial charge in [0.2, 0.25) is 0 Å². The average molecular weight is 402 g/mol. The second kappa shape index (κ2) is 5.64. The van der Waals surface area contributed by atoms with E-state index in [0.29, 0.717) is 5.56 Å². The van der Waals surface area contributed by atoms with Crippen molar-refractivity contribution in [3.63, 3.8) is 0 Å². The maximum Gasteiger partial charge on any atom is 0.255 e. The molecule has 0 saturated heterocycles. The summed E-state index contributed by atoms with van der Waals surface area (Å²) in [6.45, 7) is 0. The van der Waals surface area contributed by atoms with E-state index in [2.05, 4.69) is 43.8 Å². The lowest BCUT2D eigenvalue weighted by molar-refractivity contribution is 0.102. The molecule has 1 amide bonds. The molecule has 2 aromatic carbocycles. The van der Waals surface area contributed by atoms with Crippen molar-refractivity contribution in [1.29, 1.82) is 0 Å². The Kier molecular flexibility index (Phi) is 4.17. The first-order chi connectivity index (χ1) is 8.15. The second-order valence-corrected chi connectivity index (χ2v) is 5.64. The van der Waals surface area contributed by atoms with Crippen LogP contribution >= 0.6 is 38.5 Å². The van der Waals surface area contributed by atoms with E-state index in [1.165, 1.54) is 0 Å². The molecule has 0 atom stereocenters. The van der Waals surface area contributed by atoms with E-state index in [0.717, 1.165) is 13.7 Å². The van der Waals surface area contributed by atoms with Crippen molar-refractivity contribution in [3.8, 4) is 0 Å². The molecule has 2 nitrogen and oxygen atoms in total. The Morgan fingerprint density at radius 3 is 2.59 bits per heavy atom. The Hall–Kier alpha value is -0.880. The van der Waals surface area contributed by atoms with Gasteiger partial charge < -0.3 is 5.32 Å². The van der Waals surface area contributed by atoms with E-state index < -0.39 is 0 Å². The highest BCUT2D eigenvalue weighted by molar-refractivity contribution is 14.1. The minimum atomic E-state index is -0.0957. The summed E-state index contributed by atoms with van der Waals surface area (Å²) < 4.78 is 1.99. The summed E-state index contributed by atoms with van der Waals surface area (Å²) in [6.07, 6.45) is 0. The number of halogens is 2. The average Bonchev–Trinajstić information content (AvgIpc) is 2.29. The molecule has 0 unspecified atom stereocenters. The Morgan fingerprint density at radius 2 is 1.88 bits per heavy atom. The quantitative estimate of drug-likeness (QED) is 0.746. The molecule has 0 spiro atoms. The van der Waals surface area contributed by atoms with Crippen LogP contribution in [0.15, 0.2) is 53.0 Å². The van der Waals surface area contributed by atoms with Gasteiger partial charge in [-0.15, -0.1) is 0 Å². The van der Waals surface area contributed by atoms with Crippen LogP contribution in [-0.4, -0.2) is 5.91 Å². The molecule has 0 aromatic heterocycles. The normalized spacial score (nSPS) is 10.0. The Bertz CT molecular complexity index is 557. The topological polar surface area (TPSA) is 29.1 Å². The summed E-state index contributed by atoms with van der Waals surface area (Å²) in [5, 5.41) is 2.85. The molecule has 86 valence electrons. The summed E-state index contributed by atoms with van der Waals surface area (Å²) in [5.41, 5.74) is 1.44. The van der Waals surface area contributed by atoms with Crippen LogP contribution in [0.25, 0.3) is 0 Å². The van der Waals surface area contributed by atoms with E-state index >= 15 is 0 Å². The van der Waals surface area contributed by atoms with Crippen LogP contribution in [0.1, 0.15) is 10.4 Å². The van der Waals surface area contributed by atoms with Crippen LogP contribution in [0, 0.1) is 3.57 Å². The van der Waals surface area contributed by atoms with E-state index in [4.69, 9.17) is 0 Å². The van der Waals surface area contributed by atoms with Gasteiger partial charge in [0.15, 0.2) is 0 Å². The molecule has 0 bridgehead atoms. The molecule has 17 heavy (non-hydrogen) atoms. The molecule has 0 radical (unpaired) electrons. The maximum atomic E-state index is 11.9. The standard InChI is InChI=1S/C13H9BrINO/c14-10-4-2-6-12(8-10)16-13(17)9-3-1-5-11(15)7-9/h1-8H,(H,16,17). The molecule has 0 aliphatic carbocycles. The smallest absolute Gasteiger partial charge is 0.255 e. The van der Waals surface area contributed by atoms with Gasteiger partial charge in [0.25, 0.3) is 5.91 Å². The summed E-state index contributed by atoms with van der Waals surface area (Å²) in [5.74, 6) is -0.0957. The van der Waals surface area contributed by atoms with E-state index in [1.54, 1.807) is 6.07 Å². The van der Waals surface area contributed by atoms with Crippen LogP contribution in [0.3, 0.4) is 0 Å². The van der Waals surface area contributed by atoms with Crippen molar-refractivity contribution in [1.82, 2.24) is 0 Å². The fourth-order valence-electron chi connectivity index (χ4n) is 1.40. The van der Waals surface area contributed by atoms with Gasteiger partial charge in [-0.1, -0.05) is 28.1 Å². The second-order valence-electron chi connectivity index (χ2n) is 3.47. The summed E-state index contributed by atoms with van der Waals surface area (Å²) >= 11 is 5.56. The monoisotopic (exact) mass is 401 g/mol. The summed E-state index contributed by atoms with van der Waals surface area (Å²) in [4.78, 5) is 11.9. The molecule has 0 heterocycles. The van der Waals surface area contributed by atoms with E-state index in [9.17, 15) is 4.79 Å². The van der Waals surface area contributed by atoms with Crippen LogP contribution in [-0.2, 0) is 0 Å². The van der Waals surface area contributed by atoms with Gasteiger partial charge in [-0.25, -0.2) is 0 Å². The van der Waals surface area contributed by atoms with Gasteiger partial charge in [-0.2, -0.15) is 0 Å². The number of rotatable bonds is 2. The van der Waals surface area contributed by atoms with Crippen LogP contribution in [0.2, 0.25) is 0 Å². The predicted octanol–water partition coefficient (Wildman–Crippen LogP) is 4.31. The number of benzene rings is 2. The van der Waals surface area contributed by atoms with Gasteiger partial charge in [-0.3, -0.25) is 4.79 Å². The Balaban J connectivity index is 2.17. The number of carbonyl (C=O) groups excluding carboxylic acids is 1. The molecule has 0 aliphatic rings. The van der Waals surface area contributed by atoms with Crippen molar-refractivity contribution < 1.29 is 4.79 Å². The number of anilines is 1. The van der Waals surface area contributed by atoms with Crippen molar-refractivity contribution in [3.05, 3.63) is 62.1 Å². The summed E-state index contributed by atoms with van der Waals surface area (Å²) in [6, 6.07) is 15.0. The molecule has 0 aliphatic heterocycles. The summed E-state index contributed by atoms with van der Waals surface area (Å²) in [7, 11) is 0. The van der Waals surface area contributed by atoms with Crippen LogP contribution < -0.4 is 5.32 Å². The molecular formula is C13H9BrINO. The predicted molar refractivity (Wildman–Crippen MR) is 81.3 cm³/mol. The lowest BCUT2D eigenvalue weighted by Gasteiger charge is -2.05. The zero-order valence-corrected chi connectivity index (χ0v) is 12.5. The highest BCUT2D eigenvalue weighted by atomic mass is 127. The third kappa shape index (κ3) is 3.54. The fourth-order valence-corrected chi connectivity index (χ4v) is 2.34. The highest BCUT2D eigenvalue weighted by Gasteiger charge is 2.06. The molecular weight excluding hydrogens is 393 g/mol. The third-order valence-electron chi connectivity index (χ3n) is 2.17. The minimum Gasteiger partial charge on any atom is -0.322 e. The SMILES string of the molecule is O=C(Nc1cccc(Br)c1)c1cccc(I)c1. The van der Waals surface area contributed by atoms with Crippen LogP contribution in [0.5, 0.6) is 0 Å². The number of amides is 1. The number of hydrogen-bond donors (Lipinski definition) is 1. The van der Waals surface area contributed by atoms with Crippen molar-refractivity contribution >= 4 is 50.1 Å². The maximum absolute atomic E-state index is 11.9. The first-order valence-electron chi connectivity index (χ1n) is 4.97. The Labute approximate surface area is 122 Å². The van der Waals surface area contributed by atoms with Crippen molar-refractivity contribution in [2.75, 3.05) is 5.32 Å². The number of hydrogen-bond acceptors (Lipinski definition) is 1. The lowest BCUT2D eigenvalue weighted by atomic mass is 10.2. The molecule has 2 rings (SSSR count). The van der Waals surface area contributed by atoms with E-state index in [-0.39, 0.29) is 5.91 Å². The number of carbonyl (C=O) groups is 1. The van der Waals surface area contributed by atoms with Gasteiger partial charge in [0, 0.05) is 19.3 Å². The zero-order chi connectivity index (χ0) is 12.3. The molecule has 1 N–H and O–H groups in total. The van der Waals surface area contributed by atoms with Gasteiger partial charge in [0.05, 0.1) is 0 Å². The molecule has 0 fully saturated rings. The van der Waals surface area contributed by atoms with Gasteiger partial charge in [0.1, 0.15) is 0 Å². The fraction of sp³-hybridized carbons (Fsp3) is 0. The zero-order valence-electron chi connectivity index (χ0n) is 8.78. The molecule has 4 heteroatoms. The molecule has 2 aromatic rings. The number of nitrogens with one attached hydrogen (secondary N) is 1. The van der Waals surface area contributed by atoms with Crippen LogP contribution in [0.4, 0.5) is 5.69 Å². The van der Waals surface area contributed by atoms with Crippen molar-refractivity contribution in [2.45, 2.75) is 0 Å². The first-order valence-corrected chi connectivity index (χ1v) is 6.85. The van der Waals surface area contributed by atoms with Crippen molar-refractivity contribution in [2.24, 2.45) is 0 Å². The highest BCUT2D eigenvalue weighted by Crippen LogP contribution is 2.17. The molecule has 0 saturated carbocycles. The van der Waals surface area contributed by atoms with Gasteiger partial charge in [-0.05, 0) is 59.0 Å². The Morgan fingerprint density at radius 1 is 1.12 bits per heavy atom. The third-order valence-corrected chi connectivity index (χ3v) is 3.33. The van der Waals surface area contributed by atoms with Gasteiger partial charge >= 0.3 is 0 Å². The largest absolute Gasteiger partial charge is 0.322 e. The minimum absolute atomic E-state index is 0.0957. The lowest BCUT2D eigenvalue weighted by Crippen LogP contribution is -2.11. The first kappa shape index (κ1) is 12.6.